The van der Waals surface area contributed by atoms with Crippen LogP contribution >= 0.6 is 11.8 Å². The molecule has 230 valence electrons. The van der Waals surface area contributed by atoms with Crippen molar-refractivity contribution in [2.24, 2.45) is 7.05 Å². The summed E-state index contributed by atoms with van der Waals surface area (Å²) in [4.78, 5) is 27.9. The number of nitrogens with zero attached hydrogens (tertiary/aromatic N) is 2. The number of imidazole rings is 1. The number of carbonyl (C=O) groups excluding carboxylic acids is 2. The van der Waals surface area contributed by atoms with E-state index >= 15 is 0 Å². The van der Waals surface area contributed by atoms with Gasteiger partial charge in [-0.05, 0) is 46.9 Å². The van der Waals surface area contributed by atoms with E-state index < -0.39 is 18.4 Å². The number of carbonyl (C=O) groups is 2. The number of ether oxygens (including phenoxy) is 3. The van der Waals surface area contributed by atoms with Gasteiger partial charge < -0.3 is 29.2 Å². The van der Waals surface area contributed by atoms with Crippen LogP contribution in [-0.4, -0.2) is 44.5 Å². The molecule has 4 aromatic rings. The number of esters is 1. The van der Waals surface area contributed by atoms with E-state index in [-0.39, 0.29) is 24.7 Å². The molecule has 0 radical (unpaired) electrons. The lowest BCUT2D eigenvalue weighted by Crippen LogP contribution is -2.35. The summed E-state index contributed by atoms with van der Waals surface area (Å²) in [5.41, 5.74) is 5.69. The highest BCUT2D eigenvalue weighted by molar-refractivity contribution is 7.99. The average Bonchev–Trinajstić information content (AvgIpc) is 3.46. The predicted octanol–water partition coefficient (Wildman–Crippen LogP) is 5.48. The topological polar surface area (TPSA) is 112 Å². The number of hydrogen-bond acceptors (Lipinski definition) is 8. The summed E-state index contributed by atoms with van der Waals surface area (Å²) in [6.07, 6.45) is 2.71. The molecule has 1 amide bonds. The minimum atomic E-state index is -0.856. The molecule has 5 rings (SSSR count). The van der Waals surface area contributed by atoms with Crippen molar-refractivity contribution in [3.63, 3.8) is 0 Å². The molecule has 0 spiro atoms. The van der Waals surface area contributed by atoms with Crippen LogP contribution in [0.2, 0.25) is 0 Å². The Balaban J connectivity index is 1.33. The van der Waals surface area contributed by atoms with Gasteiger partial charge in [0.05, 0.1) is 18.8 Å². The molecular weight excluding hydrogens is 578 g/mol. The van der Waals surface area contributed by atoms with E-state index in [4.69, 9.17) is 14.2 Å². The number of thioether (sulfide) groups is 1. The van der Waals surface area contributed by atoms with Gasteiger partial charge in [0, 0.05) is 50.6 Å². The predicted molar refractivity (Wildman–Crippen MR) is 167 cm³/mol. The van der Waals surface area contributed by atoms with Crippen LogP contribution in [0.15, 0.2) is 90.3 Å². The molecule has 4 atom stereocenters. The Morgan fingerprint density at radius 1 is 1.05 bits per heavy atom. The number of hydrogen-bond donors (Lipinski definition) is 2. The summed E-state index contributed by atoms with van der Waals surface area (Å²) in [6, 6.07) is 23.9. The number of rotatable bonds is 11. The molecule has 44 heavy (non-hydrogen) atoms. The largest absolute Gasteiger partial charge is 0.453 e. The molecule has 0 unspecified atom stereocenters. The monoisotopic (exact) mass is 615 g/mol. The van der Waals surface area contributed by atoms with E-state index in [2.05, 4.69) is 16.4 Å². The molecule has 10 heteroatoms. The number of aryl methyl sites for hydroxylation is 1. The molecule has 1 aromatic heterocycles. The average molecular weight is 616 g/mol. The van der Waals surface area contributed by atoms with E-state index in [1.54, 1.807) is 24.9 Å². The van der Waals surface area contributed by atoms with Gasteiger partial charge in [-0.2, -0.15) is 0 Å². The third kappa shape index (κ3) is 8.15. The second-order valence-corrected chi connectivity index (χ2v) is 11.8. The first-order valence-electron chi connectivity index (χ1n) is 14.5. The summed E-state index contributed by atoms with van der Waals surface area (Å²) < 4.78 is 20.1. The standard InChI is InChI=1S/C34H37N3O6S/c1-22(41-23(2)39)32(40)36-19-25-6-4-7-27(16-25)28-8-5-9-29(17-28)33-42-30(21-44-34-35-14-15-37(34)3)18-31(43-33)26-12-10-24(20-38)11-13-26/h4-17,22,30-31,33,38H,18-21H2,1-3H3,(H,36,40)/t22-,30-,31+,33+/m0/s1. The third-order valence-electron chi connectivity index (χ3n) is 7.39. The van der Waals surface area contributed by atoms with Crippen LogP contribution in [0.4, 0.5) is 0 Å². The maximum atomic E-state index is 12.3. The molecule has 0 aliphatic carbocycles. The number of aliphatic hydroxyl groups is 1. The van der Waals surface area contributed by atoms with Crippen LogP contribution < -0.4 is 5.32 Å². The third-order valence-corrected chi connectivity index (χ3v) is 8.58. The Kier molecular flexibility index (Phi) is 10.5. The maximum Gasteiger partial charge on any atom is 0.303 e. The molecule has 1 saturated heterocycles. The fourth-order valence-electron chi connectivity index (χ4n) is 5.04. The van der Waals surface area contributed by atoms with Crippen LogP contribution in [-0.2, 0) is 44.0 Å². The number of amides is 1. The second kappa shape index (κ2) is 14.7. The van der Waals surface area contributed by atoms with Gasteiger partial charge in [0.2, 0.25) is 0 Å². The van der Waals surface area contributed by atoms with Gasteiger partial charge in [-0.1, -0.05) is 72.4 Å². The van der Waals surface area contributed by atoms with Crippen molar-refractivity contribution in [1.82, 2.24) is 14.9 Å². The number of benzene rings is 3. The molecule has 1 aliphatic heterocycles. The normalized spacial score (nSPS) is 18.9. The lowest BCUT2D eigenvalue weighted by Gasteiger charge is -2.36. The van der Waals surface area contributed by atoms with Gasteiger partial charge in [-0.3, -0.25) is 9.59 Å². The van der Waals surface area contributed by atoms with Gasteiger partial charge in [0.15, 0.2) is 17.6 Å². The SMILES string of the molecule is CC(=O)O[C@@H](C)C(=O)NCc1cccc(-c2cccc([C@@H]3O[C@H](CSc4nccn4C)C[C@H](c4ccc(CO)cc4)O3)c2)c1. The fourth-order valence-corrected chi connectivity index (χ4v) is 5.99. The van der Waals surface area contributed by atoms with Gasteiger partial charge in [-0.25, -0.2) is 4.98 Å². The molecular formula is C34H37N3O6S. The van der Waals surface area contributed by atoms with Crippen LogP contribution in [0, 0.1) is 0 Å². The zero-order chi connectivity index (χ0) is 31.1. The molecule has 1 aliphatic rings. The zero-order valence-corrected chi connectivity index (χ0v) is 25.8. The zero-order valence-electron chi connectivity index (χ0n) is 25.0. The first-order valence-corrected chi connectivity index (χ1v) is 15.5. The Bertz CT molecular complexity index is 1570. The molecule has 0 saturated carbocycles. The van der Waals surface area contributed by atoms with Crippen molar-refractivity contribution in [1.29, 1.82) is 0 Å². The lowest BCUT2D eigenvalue weighted by atomic mass is 9.99. The summed E-state index contributed by atoms with van der Waals surface area (Å²) in [6.45, 7) is 3.12. The van der Waals surface area contributed by atoms with E-state index in [1.165, 1.54) is 6.92 Å². The minimum Gasteiger partial charge on any atom is -0.453 e. The van der Waals surface area contributed by atoms with Gasteiger partial charge in [0.25, 0.3) is 5.91 Å². The lowest BCUT2D eigenvalue weighted by molar-refractivity contribution is -0.245. The number of aromatic nitrogens is 2. The van der Waals surface area contributed by atoms with Crippen LogP contribution in [0.25, 0.3) is 11.1 Å². The van der Waals surface area contributed by atoms with Crippen molar-refractivity contribution >= 4 is 23.6 Å². The van der Waals surface area contributed by atoms with E-state index in [0.717, 1.165) is 44.3 Å². The van der Waals surface area contributed by atoms with Crippen molar-refractivity contribution in [3.05, 3.63) is 107 Å². The highest BCUT2D eigenvalue weighted by Crippen LogP contribution is 2.40. The van der Waals surface area contributed by atoms with Crippen LogP contribution in [0.1, 0.15) is 54.9 Å². The van der Waals surface area contributed by atoms with Gasteiger partial charge >= 0.3 is 5.97 Å². The molecule has 2 N–H and O–H groups in total. The number of nitrogens with one attached hydrogen (secondary N) is 1. The second-order valence-electron chi connectivity index (χ2n) is 10.8. The smallest absolute Gasteiger partial charge is 0.303 e. The molecule has 0 bridgehead atoms. The quantitative estimate of drug-likeness (QED) is 0.168. The summed E-state index contributed by atoms with van der Waals surface area (Å²) >= 11 is 1.66. The van der Waals surface area contributed by atoms with Crippen molar-refractivity contribution in [3.8, 4) is 11.1 Å². The Labute approximate surface area is 261 Å². The number of aliphatic hydroxyl groups excluding tert-OH is 1. The maximum absolute atomic E-state index is 12.3. The highest BCUT2D eigenvalue weighted by atomic mass is 32.2. The molecule has 2 heterocycles. The van der Waals surface area contributed by atoms with Crippen molar-refractivity contribution < 1.29 is 28.9 Å². The molecule has 1 fully saturated rings. The summed E-state index contributed by atoms with van der Waals surface area (Å²) in [5.74, 6) is -0.126. The first kappa shape index (κ1) is 31.5. The first-order chi connectivity index (χ1) is 21.3. The Morgan fingerprint density at radius 3 is 2.50 bits per heavy atom. The minimum absolute atomic E-state index is 0.00572. The van der Waals surface area contributed by atoms with Crippen molar-refractivity contribution in [2.45, 2.75) is 63.2 Å². The summed E-state index contributed by atoms with van der Waals surface area (Å²) in [7, 11) is 1.98. The van der Waals surface area contributed by atoms with E-state index in [9.17, 15) is 14.7 Å². The Morgan fingerprint density at radius 2 is 1.80 bits per heavy atom. The van der Waals surface area contributed by atoms with E-state index in [0.29, 0.717) is 13.0 Å². The highest BCUT2D eigenvalue weighted by Gasteiger charge is 2.32. The Hall–Kier alpha value is -3.96. The summed E-state index contributed by atoms with van der Waals surface area (Å²) in [5, 5.41) is 13.3. The molecule has 3 aromatic carbocycles. The van der Waals surface area contributed by atoms with Gasteiger partial charge in [-0.15, -0.1) is 0 Å². The van der Waals surface area contributed by atoms with E-state index in [1.807, 2.05) is 84.5 Å². The molecule has 9 nitrogen and oxygen atoms in total. The fraction of sp³-hybridized carbons (Fsp3) is 0.324. The van der Waals surface area contributed by atoms with Gasteiger partial charge in [0.1, 0.15) is 0 Å². The van der Waals surface area contributed by atoms with Crippen LogP contribution in [0.3, 0.4) is 0 Å². The van der Waals surface area contributed by atoms with Crippen LogP contribution in [0.5, 0.6) is 0 Å². The van der Waals surface area contributed by atoms with Crippen molar-refractivity contribution in [2.75, 3.05) is 5.75 Å².